The molecule has 2 aromatic carbocycles. The summed E-state index contributed by atoms with van der Waals surface area (Å²) in [4.78, 5) is 15.0. The van der Waals surface area contributed by atoms with E-state index >= 15 is 0 Å². The van der Waals surface area contributed by atoms with Crippen LogP contribution < -0.4 is 5.56 Å². The fourth-order valence-corrected chi connectivity index (χ4v) is 2.56. The molecule has 0 aromatic heterocycles. The summed E-state index contributed by atoms with van der Waals surface area (Å²) in [7, 11) is 0. The number of pyridine rings is 1. The molecule has 0 fully saturated rings. The van der Waals surface area contributed by atoms with Gasteiger partial charge in [0.25, 0.3) is 5.56 Å². The van der Waals surface area contributed by atoms with Crippen molar-refractivity contribution in [1.29, 1.82) is 0 Å². The molecule has 0 saturated carbocycles. The largest absolute Gasteiger partial charge is 0.360 e. The first-order chi connectivity index (χ1) is 11.1. The van der Waals surface area contributed by atoms with Gasteiger partial charge in [0, 0.05) is 12.3 Å². The molecular formula is C16H8F3N3O. The zero-order valence-electron chi connectivity index (χ0n) is 11.5. The van der Waals surface area contributed by atoms with Gasteiger partial charge >= 0.3 is 0 Å². The van der Waals surface area contributed by atoms with Gasteiger partial charge in [-0.25, -0.2) is 13.2 Å². The van der Waals surface area contributed by atoms with E-state index in [2.05, 4.69) is 10.1 Å². The second-order valence-electron chi connectivity index (χ2n) is 5.01. The maximum Gasteiger partial charge on any atom is 0.282 e. The van der Waals surface area contributed by atoms with Gasteiger partial charge in [-0.2, -0.15) is 9.78 Å². The van der Waals surface area contributed by atoms with Crippen molar-refractivity contribution in [2.75, 3.05) is 0 Å². The minimum atomic E-state index is -1.60. The lowest BCUT2D eigenvalue weighted by molar-refractivity contribution is 0.453. The molecule has 1 N–H and O–H groups in total. The van der Waals surface area contributed by atoms with Crippen LogP contribution in [0.15, 0.2) is 47.4 Å². The van der Waals surface area contributed by atoms with Crippen molar-refractivity contribution >= 4 is 10.9 Å². The van der Waals surface area contributed by atoms with Crippen LogP contribution in [0.2, 0.25) is 0 Å². The summed E-state index contributed by atoms with van der Waals surface area (Å²) in [5.41, 5.74) is 0.0974. The molecular weight excluding hydrogens is 307 g/mol. The number of hydrogen-bond donors (Lipinski definition) is 1. The Kier molecular flexibility index (Phi) is 2.77. The topological polar surface area (TPSA) is 50.7 Å². The van der Waals surface area contributed by atoms with E-state index in [0.29, 0.717) is 5.69 Å². The Balaban J connectivity index is 2.14. The molecule has 0 unspecified atom stereocenters. The van der Waals surface area contributed by atoms with Gasteiger partial charge in [-0.05, 0) is 12.1 Å². The first kappa shape index (κ1) is 13.6. The standard InChI is InChI=1S/C16H8F3N3O/c17-10-6-11-12(14(19)13(10)18)15-9(7-20-11)16(23)22(21-15)8-4-2-1-3-5-8/h1-7,20H. The lowest BCUT2D eigenvalue weighted by Gasteiger charge is -2.05. The average molecular weight is 315 g/mol. The van der Waals surface area contributed by atoms with Crippen molar-refractivity contribution in [3.8, 4) is 16.9 Å². The van der Waals surface area contributed by atoms with Crippen LogP contribution in [0.4, 0.5) is 13.2 Å². The summed E-state index contributed by atoms with van der Waals surface area (Å²) in [6.45, 7) is 0. The number of halogens is 3. The van der Waals surface area contributed by atoms with Gasteiger partial charge in [0.05, 0.1) is 22.2 Å². The van der Waals surface area contributed by atoms with Crippen LogP contribution in [-0.2, 0) is 0 Å². The van der Waals surface area contributed by atoms with Crippen LogP contribution in [0.5, 0.6) is 0 Å². The first-order valence-corrected chi connectivity index (χ1v) is 6.71. The van der Waals surface area contributed by atoms with E-state index < -0.39 is 23.0 Å². The Hall–Kier alpha value is -3.09. The fraction of sp³-hybridized carbons (Fsp3) is 0. The number of hydrogen-bond acceptors (Lipinski definition) is 2. The smallest absolute Gasteiger partial charge is 0.282 e. The SMILES string of the molecule is O=c1c2c[nH]c3cc(F)c(F)c(F)c3c-2nn1-c1ccccc1. The highest BCUT2D eigenvalue weighted by Gasteiger charge is 2.24. The van der Waals surface area contributed by atoms with Crippen molar-refractivity contribution < 1.29 is 13.2 Å². The molecule has 0 bridgehead atoms. The van der Waals surface area contributed by atoms with Crippen LogP contribution >= 0.6 is 0 Å². The second kappa shape index (κ2) is 4.70. The second-order valence-corrected chi connectivity index (χ2v) is 5.01. The molecule has 0 aliphatic carbocycles. The molecule has 4 rings (SSSR count). The molecule has 0 radical (unpaired) electrons. The highest BCUT2D eigenvalue weighted by atomic mass is 19.2. The molecule has 2 aromatic rings. The minimum Gasteiger partial charge on any atom is -0.360 e. The molecule has 0 spiro atoms. The molecule has 0 atom stereocenters. The first-order valence-electron chi connectivity index (χ1n) is 6.71. The monoisotopic (exact) mass is 315 g/mol. The summed E-state index contributed by atoms with van der Waals surface area (Å²) in [6.07, 6.45) is 1.31. The Morgan fingerprint density at radius 2 is 1.78 bits per heavy atom. The summed E-state index contributed by atoms with van der Waals surface area (Å²) in [5.74, 6) is -4.28. The van der Waals surface area contributed by atoms with Gasteiger partial charge in [-0.1, -0.05) is 18.2 Å². The van der Waals surface area contributed by atoms with Gasteiger partial charge < -0.3 is 4.98 Å². The zero-order valence-corrected chi connectivity index (χ0v) is 11.5. The van der Waals surface area contributed by atoms with Crippen LogP contribution in [0.3, 0.4) is 0 Å². The molecule has 2 heterocycles. The van der Waals surface area contributed by atoms with Crippen molar-refractivity contribution in [2.45, 2.75) is 0 Å². The quantitative estimate of drug-likeness (QED) is 0.548. The van der Waals surface area contributed by atoms with Crippen molar-refractivity contribution in [3.05, 3.63) is 70.4 Å². The number of aromatic amines is 1. The molecule has 23 heavy (non-hydrogen) atoms. The number of nitrogens with zero attached hydrogens (tertiary/aromatic N) is 2. The predicted molar refractivity (Wildman–Crippen MR) is 78.2 cm³/mol. The Morgan fingerprint density at radius 3 is 2.52 bits per heavy atom. The maximum absolute atomic E-state index is 14.1. The molecule has 4 nitrogen and oxygen atoms in total. The molecule has 0 saturated heterocycles. The predicted octanol–water partition coefficient (Wildman–Crippen LogP) is 3.24. The zero-order chi connectivity index (χ0) is 16.1. The fourth-order valence-electron chi connectivity index (χ4n) is 2.56. The van der Waals surface area contributed by atoms with Gasteiger partial charge in [-0.15, -0.1) is 0 Å². The van der Waals surface area contributed by atoms with Gasteiger partial charge in [-0.3, -0.25) is 4.79 Å². The van der Waals surface area contributed by atoms with E-state index in [-0.39, 0.29) is 22.2 Å². The average Bonchev–Trinajstić information content (AvgIpc) is 2.90. The number of aromatic nitrogens is 3. The molecule has 2 aliphatic heterocycles. The van der Waals surface area contributed by atoms with E-state index in [1.165, 1.54) is 6.20 Å². The molecule has 7 heteroatoms. The van der Waals surface area contributed by atoms with Crippen molar-refractivity contribution in [3.63, 3.8) is 0 Å². The third-order valence-electron chi connectivity index (χ3n) is 3.65. The van der Waals surface area contributed by atoms with Gasteiger partial charge in [0.1, 0.15) is 5.69 Å². The summed E-state index contributed by atoms with van der Waals surface area (Å²) in [6, 6.07) is 9.38. The van der Waals surface area contributed by atoms with Crippen molar-refractivity contribution in [1.82, 2.24) is 14.8 Å². The van der Waals surface area contributed by atoms with Gasteiger partial charge in [0.15, 0.2) is 17.5 Å². The number of para-hydroxylation sites is 1. The van der Waals surface area contributed by atoms with Crippen LogP contribution in [0.1, 0.15) is 0 Å². The lowest BCUT2D eigenvalue weighted by atomic mass is 10.1. The summed E-state index contributed by atoms with van der Waals surface area (Å²) in [5, 5.41) is 3.84. The van der Waals surface area contributed by atoms with Crippen LogP contribution in [-0.4, -0.2) is 14.8 Å². The van der Waals surface area contributed by atoms with E-state index in [0.717, 1.165) is 10.7 Å². The number of nitrogens with one attached hydrogen (secondary N) is 1. The van der Waals surface area contributed by atoms with Crippen LogP contribution in [0, 0.1) is 17.5 Å². The Bertz CT molecular complexity index is 1070. The molecule has 114 valence electrons. The van der Waals surface area contributed by atoms with E-state index in [9.17, 15) is 18.0 Å². The Morgan fingerprint density at radius 1 is 1.04 bits per heavy atom. The molecule has 0 amide bonds. The lowest BCUT2D eigenvalue weighted by Crippen LogP contribution is -2.14. The van der Waals surface area contributed by atoms with Gasteiger partial charge in [0.2, 0.25) is 0 Å². The number of fused-ring (bicyclic) bond motifs is 3. The third kappa shape index (κ3) is 1.86. The van der Waals surface area contributed by atoms with Crippen LogP contribution in [0.25, 0.3) is 27.8 Å². The van der Waals surface area contributed by atoms with E-state index in [4.69, 9.17) is 0 Å². The van der Waals surface area contributed by atoms with Crippen molar-refractivity contribution in [2.24, 2.45) is 0 Å². The highest BCUT2D eigenvalue weighted by molar-refractivity contribution is 5.93. The maximum atomic E-state index is 14.1. The minimum absolute atomic E-state index is 0.0200. The number of benzene rings is 2. The highest BCUT2D eigenvalue weighted by Crippen LogP contribution is 2.30. The summed E-state index contributed by atoms with van der Waals surface area (Å²) < 4.78 is 42.1. The Labute approximate surface area is 127 Å². The molecule has 2 aliphatic rings. The number of rotatable bonds is 1. The van der Waals surface area contributed by atoms with E-state index in [1.54, 1.807) is 30.3 Å². The normalized spacial score (nSPS) is 11.4. The third-order valence-corrected chi connectivity index (χ3v) is 3.65. The summed E-state index contributed by atoms with van der Waals surface area (Å²) >= 11 is 0. The van der Waals surface area contributed by atoms with E-state index in [1.807, 2.05) is 0 Å². The number of H-pyrrole nitrogens is 1.